The molecule has 2 unspecified atom stereocenters. The van der Waals surface area contributed by atoms with Crippen LogP contribution < -0.4 is 0 Å². The van der Waals surface area contributed by atoms with Crippen molar-refractivity contribution >= 4 is 12.0 Å². The van der Waals surface area contributed by atoms with Crippen molar-refractivity contribution in [3.05, 3.63) is 89.4 Å². The van der Waals surface area contributed by atoms with Gasteiger partial charge < -0.3 is 14.6 Å². The summed E-state index contributed by atoms with van der Waals surface area (Å²) in [7, 11) is 0. The van der Waals surface area contributed by atoms with E-state index in [2.05, 4.69) is 17.9 Å². The molecular formula is C30H32O4. The molecule has 34 heavy (non-hydrogen) atoms. The Balaban J connectivity index is 1.37. The minimum atomic E-state index is -1.05. The fraction of sp³-hybridized carbons (Fsp3) is 0.367. The number of aliphatic hydroxyl groups excluding tert-OH is 1. The number of rotatable bonds is 7. The van der Waals surface area contributed by atoms with E-state index < -0.39 is 12.1 Å². The van der Waals surface area contributed by atoms with Gasteiger partial charge in [0.2, 0.25) is 5.76 Å². The molecule has 2 atom stereocenters. The van der Waals surface area contributed by atoms with E-state index in [4.69, 9.17) is 9.52 Å². The predicted molar refractivity (Wildman–Crippen MR) is 134 cm³/mol. The summed E-state index contributed by atoms with van der Waals surface area (Å²) >= 11 is 0. The van der Waals surface area contributed by atoms with Crippen molar-refractivity contribution < 1.29 is 19.4 Å². The van der Waals surface area contributed by atoms with Crippen molar-refractivity contribution in [1.82, 2.24) is 0 Å². The smallest absolute Gasteiger partial charge is 0.371 e. The van der Waals surface area contributed by atoms with E-state index in [9.17, 15) is 9.90 Å². The Hall–Kier alpha value is -3.29. The molecule has 1 aromatic heterocycles. The first-order chi connectivity index (χ1) is 16.6. The molecule has 0 amide bonds. The summed E-state index contributed by atoms with van der Waals surface area (Å²) < 4.78 is 5.41. The third kappa shape index (κ3) is 5.98. The topological polar surface area (TPSA) is 70.7 Å². The van der Waals surface area contributed by atoms with Crippen LogP contribution in [0.4, 0.5) is 0 Å². The van der Waals surface area contributed by atoms with Gasteiger partial charge in [0, 0.05) is 17.4 Å². The van der Waals surface area contributed by atoms with Crippen molar-refractivity contribution in [2.75, 3.05) is 0 Å². The van der Waals surface area contributed by atoms with Crippen LogP contribution in [0, 0.1) is 23.2 Å². The molecule has 2 aliphatic carbocycles. The number of hydrogen-bond acceptors (Lipinski definition) is 3. The monoisotopic (exact) mass is 456 g/mol. The second kappa shape index (κ2) is 11.2. The van der Waals surface area contributed by atoms with E-state index in [-0.39, 0.29) is 11.2 Å². The number of aliphatic hydroxyl groups is 1. The quantitative estimate of drug-likeness (QED) is 0.362. The van der Waals surface area contributed by atoms with Crippen LogP contribution in [0.25, 0.3) is 6.08 Å². The maximum atomic E-state index is 11.1. The Morgan fingerprint density at radius 1 is 1.12 bits per heavy atom. The first-order valence-corrected chi connectivity index (χ1v) is 12.2. The molecule has 0 radical (unpaired) electrons. The predicted octanol–water partition coefficient (Wildman–Crippen LogP) is 6.64. The lowest BCUT2D eigenvalue weighted by molar-refractivity contribution is -0.000791. The zero-order valence-electron chi connectivity index (χ0n) is 19.5. The van der Waals surface area contributed by atoms with Crippen LogP contribution in [0.2, 0.25) is 0 Å². The van der Waals surface area contributed by atoms with Crippen LogP contribution >= 0.6 is 0 Å². The Bertz CT molecular complexity index is 1120. The standard InChI is InChI=1S/C30H32O4/c31-28(30(20-9-21-30)19-8-12-23-10-2-1-3-11-23)16-7-6-14-24-13-4-5-15-25(24)22-26-17-18-27(34-26)29(32)33/h1-3,6-7,10-11,14,16-18,22,24,28,31H,4-5,9,13,15,19-21H2,(H,32,33)/b14-6+,16-7+,25-22+. The van der Waals surface area contributed by atoms with E-state index in [0.29, 0.717) is 18.1 Å². The van der Waals surface area contributed by atoms with Gasteiger partial charge >= 0.3 is 5.97 Å². The van der Waals surface area contributed by atoms with Gasteiger partial charge in [0.05, 0.1) is 6.10 Å². The number of carboxylic acids is 1. The van der Waals surface area contributed by atoms with Gasteiger partial charge in [0.25, 0.3) is 0 Å². The van der Waals surface area contributed by atoms with Crippen LogP contribution in [-0.4, -0.2) is 22.3 Å². The number of carboxylic acid groups (broad SMARTS) is 1. The minimum absolute atomic E-state index is 0.0370. The molecule has 2 saturated carbocycles. The highest BCUT2D eigenvalue weighted by Crippen LogP contribution is 2.47. The molecule has 1 aromatic carbocycles. The molecule has 2 N–H and O–H groups in total. The number of carbonyl (C=O) groups is 1. The molecule has 0 bridgehead atoms. The molecule has 2 aromatic rings. The number of furan rings is 1. The summed E-state index contributed by atoms with van der Waals surface area (Å²) in [6.07, 6.45) is 17.7. The molecule has 0 aliphatic heterocycles. The molecule has 0 saturated heterocycles. The zero-order valence-corrected chi connectivity index (χ0v) is 19.5. The van der Waals surface area contributed by atoms with Gasteiger partial charge in [-0.25, -0.2) is 4.79 Å². The number of allylic oxidation sites excluding steroid dienone is 4. The fourth-order valence-corrected chi connectivity index (χ4v) is 4.81. The number of aromatic carboxylic acids is 1. The summed E-state index contributed by atoms with van der Waals surface area (Å²) in [5.74, 6) is 6.30. The average Bonchev–Trinajstić information content (AvgIpc) is 3.29. The largest absolute Gasteiger partial charge is 0.475 e. The molecule has 1 heterocycles. The highest BCUT2D eigenvalue weighted by molar-refractivity contribution is 5.84. The van der Waals surface area contributed by atoms with Crippen molar-refractivity contribution in [2.45, 2.75) is 57.5 Å². The van der Waals surface area contributed by atoms with Crippen molar-refractivity contribution in [3.63, 3.8) is 0 Å². The van der Waals surface area contributed by atoms with Gasteiger partial charge in [-0.15, -0.1) is 0 Å². The summed E-state index contributed by atoms with van der Waals surface area (Å²) in [5.41, 5.74) is 2.13. The fourth-order valence-electron chi connectivity index (χ4n) is 4.81. The molecule has 2 fully saturated rings. The Kier molecular flexibility index (Phi) is 7.87. The summed E-state index contributed by atoms with van der Waals surface area (Å²) in [6, 6.07) is 13.2. The van der Waals surface area contributed by atoms with Crippen LogP contribution in [0.5, 0.6) is 0 Å². The van der Waals surface area contributed by atoms with Crippen molar-refractivity contribution in [3.8, 4) is 11.8 Å². The van der Waals surface area contributed by atoms with Gasteiger partial charge in [0.15, 0.2) is 0 Å². The summed E-state index contributed by atoms with van der Waals surface area (Å²) in [4.78, 5) is 11.1. The zero-order chi connectivity index (χ0) is 23.8. The SMILES string of the molecule is O=C(O)c1ccc(/C=C2\CCCCC2/C=C/C=C/C(O)C2(CC#Cc3ccccc3)CCC2)o1. The summed E-state index contributed by atoms with van der Waals surface area (Å²) in [5, 5.41) is 19.9. The lowest BCUT2D eigenvalue weighted by Crippen LogP contribution is -2.40. The van der Waals surface area contributed by atoms with Crippen LogP contribution in [0.15, 0.2) is 76.8 Å². The molecular weight excluding hydrogens is 424 g/mol. The van der Waals surface area contributed by atoms with E-state index in [1.807, 2.05) is 54.6 Å². The lowest BCUT2D eigenvalue weighted by Gasteiger charge is -2.43. The first kappa shape index (κ1) is 23.9. The normalized spacial score (nSPS) is 21.8. The van der Waals surface area contributed by atoms with E-state index in [1.165, 1.54) is 18.1 Å². The van der Waals surface area contributed by atoms with Crippen LogP contribution in [-0.2, 0) is 0 Å². The van der Waals surface area contributed by atoms with E-state index >= 15 is 0 Å². The number of benzene rings is 1. The third-order valence-corrected chi connectivity index (χ3v) is 7.04. The molecule has 0 spiro atoms. The van der Waals surface area contributed by atoms with Gasteiger partial charge in [-0.1, -0.05) is 72.8 Å². The Morgan fingerprint density at radius 2 is 1.94 bits per heavy atom. The van der Waals surface area contributed by atoms with Crippen molar-refractivity contribution in [2.24, 2.45) is 11.3 Å². The highest BCUT2D eigenvalue weighted by atomic mass is 16.4. The van der Waals surface area contributed by atoms with E-state index in [1.54, 1.807) is 6.07 Å². The van der Waals surface area contributed by atoms with Gasteiger partial charge in [-0.2, -0.15) is 0 Å². The van der Waals surface area contributed by atoms with Gasteiger partial charge in [0.1, 0.15) is 5.76 Å². The number of hydrogen-bond donors (Lipinski definition) is 2. The summed E-state index contributed by atoms with van der Waals surface area (Å²) in [6.45, 7) is 0. The van der Waals surface area contributed by atoms with Crippen LogP contribution in [0.3, 0.4) is 0 Å². The van der Waals surface area contributed by atoms with Gasteiger partial charge in [-0.3, -0.25) is 0 Å². The molecule has 4 nitrogen and oxygen atoms in total. The molecule has 4 heteroatoms. The second-order valence-corrected chi connectivity index (χ2v) is 9.35. The van der Waals surface area contributed by atoms with E-state index in [0.717, 1.165) is 44.1 Å². The highest BCUT2D eigenvalue weighted by Gasteiger charge is 2.41. The Morgan fingerprint density at radius 3 is 2.65 bits per heavy atom. The minimum Gasteiger partial charge on any atom is -0.475 e. The second-order valence-electron chi connectivity index (χ2n) is 9.35. The maximum Gasteiger partial charge on any atom is 0.371 e. The van der Waals surface area contributed by atoms with Crippen molar-refractivity contribution in [1.29, 1.82) is 0 Å². The van der Waals surface area contributed by atoms with Gasteiger partial charge in [-0.05, 0) is 68.4 Å². The maximum absolute atomic E-state index is 11.1. The first-order valence-electron chi connectivity index (χ1n) is 12.2. The molecule has 4 rings (SSSR count). The average molecular weight is 457 g/mol. The van der Waals surface area contributed by atoms with Crippen LogP contribution in [0.1, 0.15) is 73.2 Å². The lowest BCUT2D eigenvalue weighted by atomic mass is 9.63. The Labute approximate surface area is 201 Å². The third-order valence-electron chi connectivity index (χ3n) is 7.04. The molecule has 176 valence electrons. The molecule has 2 aliphatic rings.